The average Bonchev–Trinajstić information content (AvgIpc) is 2.44. The number of rotatable bonds is 6. The van der Waals surface area contributed by atoms with Crippen LogP contribution in [-0.4, -0.2) is 0 Å². The largest absolute Gasteiger partial charge is 0.378 e. The van der Waals surface area contributed by atoms with Gasteiger partial charge in [-0.3, -0.25) is 0 Å². The Balaban J connectivity index is 2.16. The number of halogens is 2. The zero-order valence-corrected chi connectivity index (χ0v) is 13.2. The second-order valence-corrected chi connectivity index (χ2v) is 5.82. The Bertz CT molecular complexity index is 539. The van der Waals surface area contributed by atoms with Crippen molar-refractivity contribution in [3.63, 3.8) is 0 Å². The van der Waals surface area contributed by atoms with Crippen LogP contribution in [0, 0.1) is 5.82 Å². The summed E-state index contributed by atoms with van der Waals surface area (Å²) in [6, 6.07) is 15.1. The molecule has 20 heavy (non-hydrogen) atoms. The van der Waals surface area contributed by atoms with Crippen molar-refractivity contribution >= 4 is 21.6 Å². The molecule has 106 valence electrons. The lowest BCUT2D eigenvalue weighted by Crippen LogP contribution is -2.10. The van der Waals surface area contributed by atoms with Crippen LogP contribution in [0.15, 0.2) is 53.0 Å². The van der Waals surface area contributed by atoms with Gasteiger partial charge in [-0.15, -0.1) is 0 Å². The number of anilines is 1. The zero-order chi connectivity index (χ0) is 14.4. The summed E-state index contributed by atoms with van der Waals surface area (Å²) in [5.74, 6) is -0.189. The van der Waals surface area contributed by atoms with Gasteiger partial charge >= 0.3 is 0 Å². The summed E-state index contributed by atoms with van der Waals surface area (Å²) in [4.78, 5) is 0. The standard InChI is InChI=1S/C17H19BrFN/c1-2-3-7-17(13-8-10-15(19)11-9-13)20-16-6-4-5-14(18)12-16/h4-6,8-12,17,20H,2-3,7H2,1H3. The molecule has 0 amide bonds. The van der Waals surface area contributed by atoms with Crippen LogP contribution in [-0.2, 0) is 0 Å². The van der Waals surface area contributed by atoms with Crippen molar-refractivity contribution in [3.8, 4) is 0 Å². The Kier molecular flexibility index (Phi) is 5.60. The van der Waals surface area contributed by atoms with Gasteiger partial charge in [0, 0.05) is 10.2 Å². The second kappa shape index (κ2) is 7.44. The molecule has 1 unspecified atom stereocenters. The second-order valence-electron chi connectivity index (χ2n) is 4.90. The van der Waals surface area contributed by atoms with Crippen LogP contribution in [0.4, 0.5) is 10.1 Å². The summed E-state index contributed by atoms with van der Waals surface area (Å²) in [7, 11) is 0. The Morgan fingerprint density at radius 2 is 1.90 bits per heavy atom. The first kappa shape index (κ1) is 15.0. The summed E-state index contributed by atoms with van der Waals surface area (Å²) in [5, 5.41) is 3.54. The molecule has 0 fully saturated rings. The van der Waals surface area contributed by atoms with Crippen molar-refractivity contribution in [2.24, 2.45) is 0 Å². The molecule has 0 spiro atoms. The van der Waals surface area contributed by atoms with Gasteiger partial charge in [-0.25, -0.2) is 4.39 Å². The van der Waals surface area contributed by atoms with E-state index in [0.717, 1.165) is 35.0 Å². The third-order valence-corrected chi connectivity index (χ3v) is 3.78. The van der Waals surface area contributed by atoms with Gasteiger partial charge in [-0.1, -0.05) is 53.9 Å². The fourth-order valence-corrected chi connectivity index (χ4v) is 2.60. The van der Waals surface area contributed by atoms with Crippen LogP contribution in [0.2, 0.25) is 0 Å². The third kappa shape index (κ3) is 4.34. The SMILES string of the molecule is CCCCC(Nc1cccc(Br)c1)c1ccc(F)cc1. The smallest absolute Gasteiger partial charge is 0.123 e. The van der Waals surface area contributed by atoms with E-state index < -0.39 is 0 Å². The van der Waals surface area contributed by atoms with Gasteiger partial charge < -0.3 is 5.32 Å². The van der Waals surface area contributed by atoms with Crippen molar-refractivity contribution in [1.82, 2.24) is 0 Å². The minimum absolute atomic E-state index is 0.189. The fraction of sp³-hybridized carbons (Fsp3) is 0.294. The van der Waals surface area contributed by atoms with E-state index in [2.05, 4.69) is 34.2 Å². The van der Waals surface area contributed by atoms with Gasteiger partial charge in [0.1, 0.15) is 5.82 Å². The predicted molar refractivity (Wildman–Crippen MR) is 86.4 cm³/mol. The molecular weight excluding hydrogens is 317 g/mol. The summed E-state index contributed by atoms with van der Waals surface area (Å²) < 4.78 is 14.1. The minimum Gasteiger partial charge on any atom is -0.378 e. The molecule has 0 bridgehead atoms. The number of hydrogen-bond donors (Lipinski definition) is 1. The number of unbranched alkanes of at least 4 members (excludes halogenated alkanes) is 1. The maximum absolute atomic E-state index is 13.1. The number of nitrogens with one attached hydrogen (secondary N) is 1. The van der Waals surface area contributed by atoms with Crippen molar-refractivity contribution in [1.29, 1.82) is 0 Å². The van der Waals surface area contributed by atoms with Gasteiger partial charge in [-0.05, 0) is 42.3 Å². The molecule has 3 heteroatoms. The van der Waals surface area contributed by atoms with Gasteiger partial charge in [0.2, 0.25) is 0 Å². The lowest BCUT2D eigenvalue weighted by atomic mass is 10.0. The predicted octanol–water partition coefficient (Wildman–Crippen LogP) is 5.93. The number of hydrogen-bond acceptors (Lipinski definition) is 1. The molecule has 0 heterocycles. The van der Waals surface area contributed by atoms with Crippen molar-refractivity contribution in [2.45, 2.75) is 32.2 Å². The van der Waals surface area contributed by atoms with E-state index in [0.29, 0.717) is 0 Å². The first-order valence-corrected chi connectivity index (χ1v) is 7.76. The Labute approximate surface area is 128 Å². The van der Waals surface area contributed by atoms with Crippen molar-refractivity contribution < 1.29 is 4.39 Å². The van der Waals surface area contributed by atoms with Gasteiger partial charge in [0.15, 0.2) is 0 Å². The van der Waals surface area contributed by atoms with E-state index in [1.54, 1.807) is 0 Å². The molecule has 0 aliphatic carbocycles. The Morgan fingerprint density at radius 1 is 1.15 bits per heavy atom. The van der Waals surface area contributed by atoms with Crippen molar-refractivity contribution in [2.75, 3.05) is 5.32 Å². The monoisotopic (exact) mass is 335 g/mol. The molecule has 0 saturated carbocycles. The van der Waals surface area contributed by atoms with E-state index in [9.17, 15) is 4.39 Å². The Morgan fingerprint density at radius 3 is 2.55 bits per heavy atom. The molecule has 2 rings (SSSR count). The molecule has 2 aromatic carbocycles. The molecule has 0 aliphatic heterocycles. The van der Waals surface area contributed by atoms with E-state index in [1.807, 2.05) is 30.3 Å². The van der Waals surface area contributed by atoms with E-state index in [-0.39, 0.29) is 11.9 Å². The van der Waals surface area contributed by atoms with Crippen LogP contribution in [0.1, 0.15) is 37.8 Å². The van der Waals surface area contributed by atoms with Gasteiger partial charge in [0.05, 0.1) is 6.04 Å². The zero-order valence-electron chi connectivity index (χ0n) is 11.6. The van der Waals surface area contributed by atoms with Gasteiger partial charge in [0.25, 0.3) is 0 Å². The lowest BCUT2D eigenvalue weighted by molar-refractivity contribution is 0.616. The molecule has 1 atom stereocenters. The summed E-state index contributed by atoms with van der Waals surface area (Å²) in [6.45, 7) is 2.18. The highest BCUT2D eigenvalue weighted by Crippen LogP contribution is 2.26. The average molecular weight is 336 g/mol. The Hall–Kier alpha value is -1.35. The normalized spacial score (nSPS) is 12.2. The quantitative estimate of drug-likeness (QED) is 0.689. The van der Waals surface area contributed by atoms with Crippen LogP contribution in [0.3, 0.4) is 0 Å². The van der Waals surface area contributed by atoms with Crippen LogP contribution in [0.5, 0.6) is 0 Å². The highest BCUT2D eigenvalue weighted by atomic mass is 79.9. The molecule has 0 radical (unpaired) electrons. The van der Waals surface area contributed by atoms with E-state index >= 15 is 0 Å². The van der Waals surface area contributed by atoms with Crippen LogP contribution >= 0.6 is 15.9 Å². The summed E-state index contributed by atoms with van der Waals surface area (Å²) >= 11 is 3.48. The maximum Gasteiger partial charge on any atom is 0.123 e. The molecule has 0 aromatic heterocycles. The minimum atomic E-state index is -0.189. The summed E-state index contributed by atoms with van der Waals surface area (Å²) in [6.07, 6.45) is 3.33. The molecule has 2 aromatic rings. The first-order valence-electron chi connectivity index (χ1n) is 6.96. The molecular formula is C17H19BrFN. The maximum atomic E-state index is 13.1. The van der Waals surface area contributed by atoms with Crippen LogP contribution in [0.25, 0.3) is 0 Å². The molecule has 1 N–H and O–H groups in total. The molecule has 0 saturated heterocycles. The highest BCUT2D eigenvalue weighted by Gasteiger charge is 2.11. The first-order chi connectivity index (χ1) is 9.69. The highest BCUT2D eigenvalue weighted by molar-refractivity contribution is 9.10. The summed E-state index contributed by atoms with van der Waals surface area (Å²) in [5.41, 5.74) is 2.20. The van der Waals surface area contributed by atoms with E-state index in [4.69, 9.17) is 0 Å². The molecule has 0 aliphatic rings. The topological polar surface area (TPSA) is 12.0 Å². The third-order valence-electron chi connectivity index (χ3n) is 3.28. The van der Waals surface area contributed by atoms with Gasteiger partial charge in [-0.2, -0.15) is 0 Å². The van der Waals surface area contributed by atoms with Crippen molar-refractivity contribution in [3.05, 3.63) is 64.4 Å². The fourth-order valence-electron chi connectivity index (χ4n) is 2.20. The number of benzene rings is 2. The van der Waals surface area contributed by atoms with E-state index in [1.165, 1.54) is 12.1 Å². The van der Waals surface area contributed by atoms with Crippen LogP contribution < -0.4 is 5.32 Å². The molecule has 1 nitrogen and oxygen atoms in total. The lowest BCUT2D eigenvalue weighted by Gasteiger charge is -2.20.